The molecule has 30 heavy (non-hydrogen) atoms. The molecule has 0 aliphatic carbocycles. The predicted octanol–water partition coefficient (Wildman–Crippen LogP) is 4.81. The number of benzene rings is 2. The van der Waals surface area contributed by atoms with Gasteiger partial charge in [-0.3, -0.25) is 4.79 Å². The van der Waals surface area contributed by atoms with Crippen molar-refractivity contribution in [3.63, 3.8) is 0 Å². The first-order valence-corrected chi connectivity index (χ1v) is 12.0. The van der Waals surface area contributed by atoms with E-state index in [0.717, 1.165) is 21.5 Å². The molecular formula is C21H17N5OS3. The number of aromatic nitrogens is 2. The molecule has 0 saturated carbocycles. The van der Waals surface area contributed by atoms with Crippen LogP contribution in [-0.2, 0) is 4.79 Å². The lowest BCUT2D eigenvalue weighted by Crippen LogP contribution is -2.28. The summed E-state index contributed by atoms with van der Waals surface area (Å²) in [4.78, 5) is 14.2. The van der Waals surface area contributed by atoms with Crippen LogP contribution in [0.3, 0.4) is 0 Å². The zero-order chi connectivity index (χ0) is 20.5. The maximum Gasteiger partial charge on any atom is 0.253 e. The lowest BCUT2D eigenvalue weighted by Gasteiger charge is -2.20. The molecule has 1 aliphatic rings. The molecule has 2 N–H and O–H groups in total. The first kappa shape index (κ1) is 19.2. The molecule has 1 unspecified atom stereocenters. The van der Waals surface area contributed by atoms with Crippen molar-refractivity contribution < 1.29 is 4.79 Å². The number of thiophene rings is 1. The Bertz CT molecular complexity index is 1230. The van der Waals surface area contributed by atoms with Crippen LogP contribution >= 0.6 is 34.4 Å². The molecule has 4 aromatic rings. The third kappa shape index (κ3) is 3.71. The van der Waals surface area contributed by atoms with Gasteiger partial charge in [0.1, 0.15) is 0 Å². The highest BCUT2D eigenvalue weighted by atomic mass is 32.2. The van der Waals surface area contributed by atoms with Crippen molar-refractivity contribution >= 4 is 62.0 Å². The van der Waals surface area contributed by atoms with Gasteiger partial charge in [-0.2, -0.15) is 5.10 Å². The van der Waals surface area contributed by atoms with E-state index in [1.807, 2.05) is 29.6 Å². The summed E-state index contributed by atoms with van der Waals surface area (Å²) in [7, 11) is 0. The molecule has 0 spiro atoms. The second-order valence-electron chi connectivity index (χ2n) is 6.74. The van der Waals surface area contributed by atoms with Gasteiger partial charge in [0.2, 0.25) is 5.13 Å². The van der Waals surface area contributed by atoms with Gasteiger partial charge in [-0.25, -0.2) is 5.01 Å². The van der Waals surface area contributed by atoms with Gasteiger partial charge < -0.3 is 5.73 Å². The fraction of sp³-hybridized carbons (Fsp3) is 0.143. The molecule has 3 heterocycles. The van der Waals surface area contributed by atoms with Crippen LogP contribution in [0.5, 0.6) is 0 Å². The SMILES string of the molecule is Nc1nnc(SCC(=O)N2N=C(c3cccc4ccccc34)CC2c2cccs2)s1. The van der Waals surface area contributed by atoms with Gasteiger partial charge in [0, 0.05) is 16.9 Å². The number of nitrogens with two attached hydrogens (primary N) is 1. The average Bonchev–Trinajstić information content (AvgIpc) is 3.52. The standard InChI is InChI=1S/C21H17N5OS3/c22-20-23-24-21(30-20)29-12-19(27)26-17(18-9-4-10-28-18)11-16(25-26)15-8-3-6-13-5-1-2-7-14(13)15/h1-10,17H,11-12H2,(H2,22,23). The maximum atomic E-state index is 13.1. The molecule has 6 nitrogen and oxygen atoms in total. The van der Waals surface area contributed by atoms with Crippen molar-refractivity contribution in [2.75, 3.05) is 11.5 Å². The van der Waals surface area contributed by atoms with Crippen molar-refractivity contribution in [3.05, 3.63) is 70.4 Å². The molecule has 0 radical (unpaired) electrons. The van der Waals surface area contributed by atoms with Crippen LogP contribution in [0.4, 0.5) is 5.13 Å². The van der Waals surface area contributed by atoms with Crippen molar-refractivity contribution in [2.24, 2.45) is 5.10 Å². The van der Waals surface area contributed by atoms with Crippen molar-refractivity contribution in [3.8, 4) is 0 Å². The summed E-state index contributed by atoms with van der Waals surface area (Å²) in [5, 5.41) is 19.0. The van der Waals surface area contributed by atoms with E-state index in [0.29, 0.717) is 15.9 Å². The van der Waals surface area contributed by atoms with Crippen molar-refractivity contribution in [1.29, 1.82) is 0 Å². The van der Waals surface area contributed by atoms with Crippen LogP contribution in [0.2, 0.25) is 0 Å². The Balaban J connectivity index is 1.46. The van der Waals surface area contributed by atoms with Gasteiger partial charge in [0.25, 0.3) is 5.91 Å². The van der Waals surface area contributed by atoms with Crippen LogP contribution in [-0.4, -0.2) is 32.6 Å². The van der Waals surface area contributed by atoms with Crippen LogP contribution in [0.1, 0.15) is 22.9 Å². The van der Waals surface area contributed by atoms with E-state index in [1.165, 1.54) is 28.5 Å². The van der Waals surface area contributed by atoms with Crippen LogP contribution in [0.25, 0.3) is 10.8 Å². The van der Waals surface area contributed by atoms with Gasteiger partial charge in [-0.05, 0) is 22.2 Å². The number of carbonyl (C=O) groups is 1. The van der Waals surface area contributed by atoms with E-state index >= 15 is 0 Å². The number of thioether (sulfide) groups is 1. The Kier molecular flexibility index (Phi) is 5.24. The number of anilines is 1. The predicted molar refractivity (Wildman–Crippen MR) is 124 cm³/mol. The minimum absolute atomic E-state index is 0.0533. The number of fused-ring (bicyclic) bond motifs is 1. The van der Waals surface area contributed by atoms with E-state index in [1.54, 1.807) is 16.3 Å². The summed E-state index contributed by atoms with van der Waals surface area (Å²) in [6.07, 6.45) is 0.691. The van der Waals surface area contributed by atoms with E-state index in [2.05, 4.69) is 40.5 Å². The fourth-order valence-electron chi connectivity index (χ4n) is 3.55. The fourth-order valence-corrected chi connectivity index (χ4v) is 5.85. The van der Waals surface area contributed by atoms with Crippen LogP contribution < -0.4 is 5.73 Å². The number of amides is 1. The Morgan fingerprint density at radius 3 is 2.80 bits per heavy atom. The smallest absolute Gasteiger partial charge is 0.253 e. The Hall–Kier alpha value is -2.75. The molecule has 1 aliphatic heterocycles. The van der Waals surface area contributed by atoms with Gasteiger partial charge in [0.15, 0.2) is 4.34 Å². The first-order valence-electron chi connectivity index (χ1n) is 9.32. The normalized spacial score (nSPS) is 16.2. The van der Waals surface area contributed by atoms with Crippen molar-refractivity contribution in [2.45, 2.75) is 16.8 Å². The zero-order valence-corrected chi connectivity index (χ0v) is 18.2. The molecule has 2 aromatic carbocycles. The van der Waals surface area contributed by atoms with Gasteiger partial charge in [-0.15, -0.1) is 21.5 Å². The number of carbonyl (C=O) groups excluding carboxylic acids is 1. The number of hydrogen-bond donors (Lipinski definition) is 1. The molecule has 0 bridgehead atoms. The second-order valence-corrected chi connectivity index (χ2v) is 9.95. The zero-order valence-electron chi connectivity index (χ0n) is 15.8. The summed E-state index contributed by atoms with van der Waals surface area (Å²) in [6.45, 7) is 0. The summed E-state index contributed by atoms with van der Waals surface area (Å²) < 4.78 is 0.686. The molecular weight excluding hydrogens is 434 g/mol. The molecule has 9 heteroatoms. The minimum Gasteiger partial charge on any atom is -0.374 e. The summed E-state index contributed by atoms with van der Waals surface area (Å²) >= 11 is 4.28. The molecule has 150 valence electrons. The lowest BCUT2D eigenvalue weighted by molar-refractivity contribution is -0.130. The van der Waals surface area contributed by atoms with Crippen molar-refractivity contribution in [1.82, 2.24) is 15.2 Å². The molecule has 1 amide bonds. The van der Waals surface area contributed by atoms with Crippen LogP contribution in [0, 0.1) is 0 Å². The van der Waals surface area contributed by atoms with Gasteiger partial charge in [-0.1, -0.05) is 71.6 Å². The molecule has 0 saturated heterocycles. The summed E-state index contributed by atoms with van der Waals surface area (Å²) in [6, 6.07) is 18.5. The monoisotopic (exact) mass is 451 g/mol. The van der Waals surface area contributed by atoms with E-state index in [9.17, 15) is 4.79 Å². The Morgan fingerprint density at radius 1 is 1.13 bits per heavy atom. The van der Waals surface area contributed by atoms with Crippen LogP contribution in [0.15, 0.2) is 69.4 Å². The highest BCUT2D eigenvalue weighted by Gasteiger charge is 2.34. The van der Waals surface area contributed by atoms with E-state index in [-0.39, 0.29) is 17.7 Å². The third-order valence-corrected chi connectivity index (χ3v) is 7.72. The summed E-state index contributed by atoms with van der Waals surface area (Å²) in [5.74, 6) is 0.186. The molecule has 2 aromatic heterocycles. The van der Waals surface area contributed by atoms with E-state index < -0.39 is 0 Å². The number of hydrogen-bond acceptors (Lipinski definition) is 8. The Labute approximate surface area is 185 Å². The highest BCUT2D eigenvalue weighted by molar-refractivity contribution is 8.01. The Morgan fingerprint density at radius 2 is 2.00 bits per heavy atom. The summed E-state index contributed by atoms with van der Waals surface area (Å²) in [5.41, 5.74) is 7.65. The number of rotatable bonds is 5. The largest absolute Gasteiger partial charge is 0.374 e. The lowest BCUT2D eigenvalue weighted by atomic mass is 9.97. The highest BCUT2D eigenvalue weighted by Crippen LogP contribution is 2.37. The second kappa shape index (κ2) is 8.17. The van der Waals surface area contributed by atoms with Gasteiger partial charge >= 0.3 is 0 Å². The number of nitrogens with zero attached hydrogens (tertiary/aromatic N) is 4. The third-order valence-electron chi connectivity index (χ3n) is 4.88. The first-order chi connectivity index (χ1) is 14.7. The number of hydrazone groups is 1. The topological polar surface area (TPSA) is 84.5 Å². The number of nitrogen functional groups attached to an aromatic ring is 1. The van der Waals surface area contributed by atoms with Gasteiger partial charge in [0.05, 0.1) is 17.5 Å². The average molecular weight is 452 g/mol. The quantitative estimate of drug-likeness (QED) is 0.440. The molecule has 5 rings (SSSR count). The maximum absolute atomic E-state index is 13.1. The van der Waals surface area contributed by atoms with E-state index in [4.69, 9.17) is 10.8 Å². The molecule has 0 fully saturated rings. The molecule has 1 atom stereocenters. The minimum atomic E-state index is -0.0912.